The van der Waals surface area contributed by atoms with Gasteiger partial charge in [-0.25, -0.2) is 4.79 Å². The van der Waals surface area contributed by atoms with Crippen LogP contribution in [0.2, 0.25) is 0 Å². The molecule has 0 aromatic heterocycles. The predicted molar refractivity (Wildman–Crippen MR) is 75.8 cm³/mol. The van der Waals surface area contributed by atoms with Gasteiger partial charge >= 0.3 is 6.09 Å². The lowest BCUT2D eigenvalue weighted by atomic mass is 9.84. The number of phenolic OH excluding ortho intramolecular Hbond substituents is 1. The number of aldehydes is 1. The zero-order chi connectivity index (χ0) is 15.4. The minimum absolute atomic E-state index is 0.121. The van der Waals surface area contributed by atoms with Gasteiger partial charge in [-0.05, 0) is 45.4 Å². The van der Waals surface area contributed by atoms with Crippen molar-refractivity contribution in [2.24, 2.45) is 0 Å². The molecule has 0 spiro atoms. The Kier molecular flexibility index (Phi) is 4.76. The molecule has 0 aliphatic carbocycles. The molecule has 1 atom stereocenters. The lowest BCUT2D eigenvalue weighted by Crippen LogP contribution is -2.42. The maximum Gasteiger partial charge on any atom is 0.407 e. The Balaban J connectivity index is 2.73. The second-order valence-corrected chi connectivity index (χ2v) is 5.94. The molecule has 5 heteroatoms. The van der Waals surface area contributed by atoms with Gasteiger partial charge in [0.15, 0.2) is 0 Å². The van der Waals surface area contributed by atoms with Crippen LogP contribution in [0.5, 0.6) is 5.75 Å². The van der Waals surface area contributed by atoms with Gasteiger partial charge in [-0.15, -0.1) is 0 Å². The number of rotatable bonds is 4. The number of hydrogen-bond donors (Lipinski definition) is 2. The lowest BCUT2D eigenvalue weighted by Gasteiger charge is -2.26. The molecule has 0 bridgehead atoms. The molecular formula is C15H21NO4. The van der Waals surface area contributed by atoms with Crippen molar-refractivity contribution >= 4 is 12.4 Å². The minimum Gasteiger partial charge on any atom is -0.508 e. The van der Waals surface area contributed by atoms with Crippen molar-refractivity contribution in [3.8, 4) is 5.75 Å². The number of ether oxygens (including phenoxy) is 1. The number of aromatic hydroxyl groups is 1. The third-order valence-electron chi connectivity index (χ3n) is 2.79. The highest BCUT2D eigenvalue weighted by Crippen LogP contribution is 2.23. The van der Waals surface area contributed by atoms with E-state index in [9.17, 15) is 14.7 Å². The summed E-state index contributed by atoms with van der Waals surface area (Å²) in [7, 11) is 0. The van der Waals surface area contributed by atoms with Crippen molar-refractivity contribution in [3.63, 3.8) is 0 Å². The summed E-state index contributed by atoms with van der Waals surface area (Å²) in [6.45, 7) is 7.14. The van der Waals surface area contributed by atoms with E-state index in [0.29, 0.717) is 5.56 Å². The van der Waals surface area contributed by atoms with E-state index in [2.05, 4.69) is 5.32 Å². The van der Waals surface area contributed by atoms with Crippen LogP contribution in [0, 0.1) is 0 Å². The number of hydrogen-bond acceptors (Lipinski definition) is 4. The standard InChI is InChI=1S/C15H21NO4/c1-14(2,3)20-13(19)16-9-15(4,10-17)11-5-7-12(18)8-6-11/h5-8,10,18H,9H2,1-4H3,(H,16,19). The third-order valence-corrected chi connectivity index (χ3v) is 2.79. The summed E-state index contributed by atoms with van der Waals surface area (Å²) in [4.78, 5) is 23.0. The first-order valence-electron chi connectivity index (χ1n) is 6.39. The van der Waals surface area contributed by atoms with Gasteiger partial charge in [0.1, 0.15) is 17.6 Å². The molecule has 0 radical (unpaired) electrons. The average molecular weight is 279 g/mol. The van der Waals surface area contributed by atoms with Crippen LogP contribution in [0.1, 0.15) is 33.3 Å². The molecule has 1 aromatic rings. The summed E-state index contributed by atoms with van der Waals surface area (Å²) in [6.07, 6.45) is 0.209. The van der Waals surface area contributed by atoms with E-state index in [1.807, 2.05) is 0 Å². The summed E-state index contributed by atoms with van der Waals surface area (Å²) < 4.78 is 5.13. The summed E-state index contributed by atoms with van der Waals surface area (Å²) in [6, 6.07) is 6.32. The van der Waals surface area contributed by atoms with Gasteiger partial charge in [0.2, 0.25) is 0 Å². The van der Waals surface area contributed by atoms with E-state index in [-0.39, 0.29) is 12.3 Å². The number of nitrogens with one attached hydrogen (secondary N) is 1. The van der Waals surface area contributed by atoms with E-state index >= 15 is 0 Å². The van der Waals surface area contributed by atoms with Crippen molar-refractivity contribution in [2.45, 2.75) is 38.7 Å². The quantitative estimate of drug-likeness (QED) is 0.830. The fraction of sp³-hybridized carbons (Fsp3) is 0.467. The second-order valence-electron chi connectivity index (χ2n) is 5.94. The van der Waals surface area contributed by atoms with Crippen molar-refractivity contribution in [3.05, 3.63) is 29.8 Å². The Hall–Kier alpha value is -2.04. The molecule has 1 amide bonds. The molecule has 1 rings (SSSR count). The fourth-order valence-electron chi connectivity index (χ4n) is 1.62. The third kappa shape index (κ3) is 4.57. The first kappa shape index (κ1) is 16.0. The van der Waals surface area contributed by atoms with Crippen LogP contribution >= 0.6 is 0 Å². The van der Waals surface area contributed by atoms with E-state index in [4.69, 9.17) is 4.74 Å². The summed E-state index contributed by atoms with van der Waals surface area (Å²) in [5, 5.41) is 11.9. The number of benzene rings is 1. The fourth-order valence-corrected chi connectivity index (χ4v) is 1.62. The molecule has 5 nitrogen and oxygen atoms in total. The van der Waals surface area contributed by atoms with Gasteiger partial charge in [-0.3, -0.25) is 0 Å². The Morgan fingerprint density at radius 3 is 2.25 bits per heavy atom. The van der Waals surface area contributed by atoms with Crippen LogP contribution in [-0.4, -0.2) is 29.6 Å². The van der Waals surface area contributed by atoms with E-state index in [1.165, 1.54) is 12.1 Å². The molecule has 0 aliphatic heterocycles. The topological polar surface area (TPSA) is 75.6 Å². The Morgan fingerprint density at radius 2 is 1.80 bits per heavy atom. The minimum atomic E-state index is -0.870. The number of phenols is 1. The number of carbonyl (C=O) groups excluding carboxylic acids is 2. The summed E-state index contributed by atoms with van der Waals surface area (Å²) in [5.74, 6) is 0.127. The van der Waals surface area contributed by atoms with Crippen LogP contribution in [0.3, 0.4) is 0 Å². The monoisotopic (exact) mass is 279 g/mol. The maximum atomic E-state index is 11.6. The Bertz CT molecular complexity index is 476. The number of amides is 1. The van der Waals surface area contributed by atoms with Crippen LogP contribution in [0.15, 0.2) is 24.3 Å². The summed E-state index contributed by atoms with van der Waals surface area (Å²) in [5.41, 5.74) is -0.744. The molecule has 0 aliphatic rings. The SMILES string of the molecule is CC(C)(C)OC(=O)NCC(C)(C=O)c1ccc(O)cc1. The molecule has 0 saturated heterocycles. The highest BCUT2D eigenvalue weighted by molar-refractivity contribution is 5.72. The van der Waals surface area contributed by atoms with Crippen molar-refractivity contribution in [1.29, 1.82) is 0 Å². The van der Waals surface area contributed by atoms with Gasteiger partial charge in [0.25, 0.3) is 0 Å². The van der Waals surface area contributed by atoms with E-state index in [1.54, 1.807) is 39.8 Å². The summed E-state index contributed by atoms with van der Waals surface area (Å²) >= 11 is 0. The zero-order valence-electron chi connectivity index (χ0n) is 12.3. The first-order chi connectivity index (χ1) is 9.16. The average Bonchev–Trinajstić information content (AvgIpc) is 2.35. The van der Waals surface area contributed by atoms with Gasteiger partial charge in [0.05, 0.1) is 5.41 Å². The first-order valence-corrected chi connectivity index (χ1v) is 6.39. The highest BCUT2D eigenvalue weighted by Gasteiger charge is 2.28. The largest absolute Gasteiger partial charge is 0.508 e. The number of carbonyl (C=O) groups is 2. The molecule has 1 aromatic carbocycles. The van der Waals surface area contributed by atoms with Crippen molar-refractivity contribution < 1.29 is 19.4 Å². The van der Waals surface area contributed by atoms with E-state index < -0.39 is 17.1 Å². The molecular weight excluding hydrogens is 258 g/mol. The normalized spacial score (nSPS) is 14.2. The van der Waals surface area contributed by atoms with Gasteiger partial charge in [0, 0.05) is 6.54 Å². The Labute approximate surface area is 118 Å². The molecule has 0 heterocycles. The van der Waals surface area contributed by atoms with Gasteiger partial charge < -0.3 is 20.0 Å². The smallest absolute Gasteiger partial charge is 0.407 e. The highest BCUT2D eigenvalue weighted by atomic mass is 16.6. The van der Waals surface area contributed by atoms with Crippen molar-refractivity contribution in [2.75, 3.05) is 6.54 Å². The van der Waals surface area contributed by atoms with Crippen LogP contribution in [0.25, 0.3) is 0 Å². The molecule has 1 unspecified atom stereocenters. The van der Waals surface area contributed by atoms with Crippen LogP contribution in [0.4, 0.5) is 4.79 Å². The van der Waals surface area contributed by atoms with Gasteiger partial charge in [-0.2, -0.15) is 0 Å². The van der Waals surface area contributed by atoms with Crippen molar-refractivity contribution in [1.82, 2.24) is 5.32 Å². The second kappa shape index (κ2) is 5.94. The van der Waals surface area contributed by atoms with E-state index in [0.717, 1.165) is 6.29 Å². The Morgan fingerprint density at radius 1 is 1.25 bits per heavy atom. The molecule has 0 fully saturated rings. The van der Waals surface area contributed by atoms with Gasteiger partial charge in [-0.1, -0.05) is 12.1 Å². The molecule has 2 N–H and O–H groups in total. The van der Waals surface area contributed by atoms with Crippen LogP contribution in [-0.2, 0) is 14.9 Å². The lowest BCUT2D eigenvalue weighted by molar-refractivity contribution is -0.112. The zero-order valence-corrected chi connectivity index (χ0v) is 12.3. The molecule has 0 saturated carbocycles. The number of alkyl carbamates (subject to hydrolysis) is 1. The molecule has 110 valence electrons. The van der Waals surface area contributed by atoms with Crippen LogP contribution < -0.4 is 5.32 Å². The predicted octanol–water partition coefficient (Wildman–Crippen LogP) is 2.37. The maximum absolute atomic E-state index is 11.6. The molecule has 20 heavy (non-hydrogen) atoms.